The second-order valence-electron chi connectivity index (χ2n) is 4.71. The highest BCUT2D eigenvalue weighted by atomic mass is 32.1. The van der Waals surface area contributed by atoms with E-state index in [4.69, 9.17) is 4.74 Å². The number of esters is 1. The van der Waals surface area contributed by atoms with Gasteiger partial charge in [0, 0.05) is 10.9 Å². The number of nitrogens with zero attached hydrogens (tertiary/aromatic N) is 3. The molecule has 0 aliphatic rings. The quantitative estimate of drug-likeness (QED) is 0.424. The van der Waals surface area contributed by atoms with Crippen LogP contribution in [0.25, 0.3) is 21.6 Å². The molecule has 4 rings (SSSR count). The number of hydrogen-bond donors (Lipinski definition) is 0. The Kier molecular flexibility index (Phi) is 3.32. The van der Waals surface area contributed by atoms with E-state index in [9.17, 15) is 4.79 Å². The lowest BCUT2D eigenvalue weighted by Crippen LogP contribution is -2.08. The molecule has 4 aromatic rings. The predicted octanol–water partition coefficient (Wildman–Crippen LogP) is 3.57. The van der Waals surface area contributed by atoms with Crippen molar-refractivity contribution < 1.29 is 14.2 Å². The molecule has 0 aliphatic heterocycles. The number of aromatic nitrogens is 3. The van der Waals surface area contributed by atoms with Gasteiger partial charge in [0.05, 0.1) is 0 Å². The van der Waals surface area contributed by atoms with Crippen molar-refractivity contribution in [1.29, 1.82) is 0 Å². The first kappa shape index (κ1) is 13.6. The van der Waals surface area contributed by atoms with Gasteiger partial charge in [0.15, 0.2) is 5.69 Å². The average Bonchev–Trinajstić information content (AvgIpc) is 3.24. The Labute approximate surface area is 134 Å². The molecule has 2 aromatic heterocycles. The van der Waals surface area contributed by atoms with Crippen molar-refractivity contribution in [2.24, 2.45) is 0 Å². The van der Waals surface area contributed by atoms with Crippen LogP contribution >= 0.6 is 11.3 Å². The molecule has 0 unspecified atom stereocenters. The molecule has 2 heterocycles. The van der Waals surface area contributed by atoms with Crippen LogP contribution in [0.15, 0.2) is 58.5 Å². The van der Waals surface area contributed by atoms with Gasteiger partial charge in [0.1, 0.15) is 21.8 Å². The van der Waals surface area contributed by atoms with Crippen molar-refractivity contribution in [1.82, 2.24) is 15.3 Å². The summed E-state index contributed by atoms with van der Waals surface area (Å²) in [5.41, 5.74) is 2.43. The summed E-state index contributed by atoms with van der Waals surface area (Å²) < 4.78 is 9.95. The minimum atomic E-state index is -0.483. The van der Waals surface area contributed by atoms with Gasteiger partial charge in [0.25, 0.3) is 0 Å². The molecule has 0 bridgehead atoms. The van der Waals surface area contributed by atoms with Gasteiger partial charge in [-0.2, -0.15) is 0 Å². The molecule has 112 valence electrons. The number of para-hydroxylation sites is 1. The number of thiazole rings is 1. The maximum absolute atomic E-state index is 12.1. The maximum atomic E-state index is 12.1. The van der Waals surface area contributed by atoms with Gasteiger partial charge in [-0.3, -0.25) is 0 Å². The SMILES string of the molecule is O=C(Oc1ccccc1)c1csc(-c2ccc3nonc3c2)n1. The molecule has 0 fully saturated rings. The Balaban J connectivity index is 1.59. The summed E-state index contributed by atoms with van der Waals surface area (Å²) >= 11 is 1.36. The van der Waals surface area contributed by atoms with Crippen LogP contribution in [0, 0.1) is 0 Å². The maximum Gasteiger partial charge on any atom is 0.363 e. The zero-order valence-electron chi connectivity index (χ0n) is 11.7. The summed E-state index contributed by atoms with van der Waals surface area (Å²) in [6, 6.07) is 14.4. The smallest absolute Gasteiger partial charge is 0.363 e. The third kappa shape index (κ3) is 2.69. The highest BCUT2D eigenvalue weighted by Crippen LogP contribution is 2.26. The van der Waals surface area contributed by atoms with E-state index in [0.717, 1.165) is 5.56 Å². The molecule has 0 saturated carbocycles. The molecule has 6 nitrogen and oxygen atoms in total. The van der Waals surface area contributed by atoms with Crippen LogP contribution < -0.4 is 4.74 Å². The van der Waals surface area contributed by atoms with Crippen LogP contribution in [0.1, 0.15) is 10.5 Å². The number of rotatable bonds is 3. The summed E-state index contributed by atoms with van der Waals surface area (Å²) in [6.07, 6.45) is 0. The van der Waals surface area contributed by atoms with Crippen LogP contribution in [0.2, 0.25) is 0 Å². The normalized spacial score (nSPS) is 10.8. The molecule has 0 aliphatic carbocycles. The van der Waals surface area contributed by atoms with Crippen LogP contribution in [0.5, 0.6) is 5.75 Å². The second-order valence-corrected chi connectivity index (χ2v) is 5.57. The Bertz CT molecular complexity index is 978. The van der Waals surface area contributed by atoms with Crippen molar-refractivity contribution in [2.45, 2.75) is 0 Å². The van der Waals surface area contributed by atoms with E-state index in [1.807, 2.05) is 18.2 Å². The highest BCUT2D eigenvalue weighted by molar-refractivity contribution is 7.13. The molecule has 0 amide bonds. The largest absolute Gasteiger partial charge is 0.422 e. The Hall–Kier alpha value is -3.06. The number of benzene rings is 2. The number of carbonyl (C=O) groups is 1. The molecular weight excluding hydrogens is 314 g/mol. The van der Waals surface area contributed by atoms with E-state index in [-0.39, 0.29) is 5.69 Å². The molecular formula is C16H9N3O3S. The molecule has 23 heavy (non-hydrogen) atoms. The Morgan fingerprint density at radius 1 is 1.04 bits per heavy atom. The fraction of sp³-hybridized carbons (Fsp3) is 0. The van der Waals surface area contributed by atoms with Gasteiger partial charge in [-0.1, -0.05) is 18.2 Å². The third-order valence-electron chi connectivity index (χ3n) is 3.17. The van der Waals surface area contributed by atoms with Crippen molar-refractivity contribution in [2.75, 3.05) is 0 Å². The average molecular weight is 323 g/mol. The first-order chi connectivity index (χ1) is 11.3. The zero-order valence-corrected chi connectivity index (χ0v) is 12.5. The predicted molar refractivity (Wildman–Crippen MR) is 84.3 cm³/mol. The molecule has 7 heteroatoms. The molecule has 0 atom stereocenters. The first-order valence-corrected chi connectivity index (χ1v) is 7.63. The summed E-state index contributed by atoms with van der Waals surface area (Å²) in [5.74, 6) is 0.00465. The van der Waals surface area contributed by atoms with Crippen LogP contribution in [-0.4, -0.2) is 21.3 Å². The Morgan fingerprint density at radius 2 is 1.87 bits per heavy atom. The van der Waals surface area contributed by atoms with E-state index in [2.05, 4.69) is 19.9 Å². The van der Waals surface area contributed by atoms with Gasteiger partial charge >= 0.3 is 5.97 Å². The van der Waals surface area contributed by atoms with Crippen LogP contribution in [0.4, 0.5) is 0 Å². The number of hydrogen-bond acceptors (Lipinski definition) is 7. The fourth-order valence-electron chi connectivity index (χ4n) is 2.06. The number of ether oxygens (including phenoxy) is 1. The summed E-state index contributed by atoms with van der Waals surface area (Å²) in [6.45, 7) is 0. The molecule has 0 spiro atoms. The van der Waals surface area contributed by atoms with Gasteiger partial charge in [-0.15, -0.1) is 11.3 Å². The van der Waals surface area contributed by atoms with Crippen molar-refractivity contribution >= 4 is 28.3 Å². The minimum Gasteiger partial charge on any atom is -0.422 e. The van der Waals surface area contributed by atoms with E-state index in [0.29, 0.717) is 21.8 Å². The lowest BCUT2D eigenvalue weighted by atomic mass is 10.2. The zero-order chi connectivity index (χ0) is 15.6. The van der Waals surface area contributed by atoms with Gasteiger partial charge in [-0.25, -0.2) is 14.4 Å². The summed E-state index contributed by atoms with van der Waals surface area (Å²) in [7, 11) is 0. The fourth-order valence-corrected chi connectivity index (χ4v) is 2.85. The Morgan fingerprint density at radius 3 is 2.74 bits per heavy atom. The van der Waals surface area contributed by atoms with E-state index in [1.165, 1.54) is 11.3 Å². The number of carbonyl (C=O) groups excluding carboxylic acids is 1. The van der Waals surface area contributed by atoms with Crippen LogP contribution in [-0.2, 0) is 0 Å². The second kappa shape index (κ2) is 5.62. The summed E-state index contributed by atoms with van der Waals surface area (Å²) in [5, 5.41) is 9.93. The van der Waals surface area contributed by atoms with Crippen molar-refractivity contribution in [3.05, 3.63) is 59.6 Å². The van der Waals surface area contributed by atoms with Gasteiger partial charge in [-0.05, 0) is 40.6 Å². The summed E-state index contributed by atoms with van der Waals surface area (Å²) in [4.78, 5) is 16.4. The lowest BCUT2D eigenvalue weighted by Gasteiger charge is -2.00. The topological polar surface area (TPSA) is 78.1 Å². The highest BCUT2D eigenvalue weighted by Gasteiger charge is 2.15. The van der Waals surface area contributed by atoms with Crippen LogP contribution in [0.3, 0.4) is 0 Å². The third-order valence-corrected chi connectivity index (χ3v) is 4.06. The van der Waals surface area contributed by atoms with Crippen molar-refractivity contribution in [3.63, 3.8) is 0 Å². The van der Waals surface area contributed by atoms with E-state index >= 15 is 0 Å². The van der Waals surface area contributed by atoms with E-state index < -0.39 is 5.97 Å². The minimum absolute atomic E-state index is 0.271. The van der Waals surface area contributed by atoms with E-state index in [1.54, 1.807) is 35.7 Å². The molecule has 0 N–H and O–H groups in total. The van der Waals surface area contributed by atoms with Crippen molar-refractivity contribution in [3.8, 4) is 16.3 Å². The van der Waals surface area contributed by atoms with Gasteiger partial charge < -0.3 is 4.74 Å². The first-order valence-electron chi connectivity index (χ1n) is 6.75. The standard InChI is InChI=1S/C16H9N3O3S/c20-16(21-11-4-2-1-3-5-11)14-9-23-15(17-14)10-6-7-12-13(8-10)19-22-18-12/h1-9H. The molecule has 0 saturated heterocycles. The molecule has 2 aromatic carbocycles. The van der Waals surface area contributed by atoms with Gasteiger partial charge in [0.2, 0.25) is 0 Å². The number of fused-ring (bicyclic) bond motifs is 1. The lowest BCUT2D eigenvalue weighted by molar-refractivity contribution is 0.0729. The monoisotopic (exact) mass is 323 g/mol. The molecule has 0 radical (unpaired) electrons.